The molecule has 2 heterocycles. The van der Waals surface area contributed by atoms with Gasteiger partial charge in [-0.05, 0) is 25.0 Å². The number of fused-ring (bicyclic) bond motifs is 1. The minimum Gasteiger partial charge on any atom is -0.451 e. The standard InChI is InChI=1S/C21H18N2O2S/c1-3-14-8-10-15(11-9-14)17-12-26-21(22-17)23-20(24)19-13(2)16-6-4-5-7-18(16)25-19/h4-12H,3H2,1-2H3,(H,22,23,24). The van der Waals surface area contributed by atoms with Crippen molar-refractivity contribution in [2.45, 2.75) is 20.3 Å². The molecule has 1 amide bonds. The first-order valence-corrected chi connectivity index (χ1v) is 9.38. The Kier molecular flexibility index (Phi) is 4.31. The van der Waals surface area contributed by atoms with Crippen molar-refractivity contribution in [3.63, 3.8) is 0 Å². The average Bonchev–Trinajstić information content (AvgIpc) is 3.27. The number of nitrogens with one attached hydrogen (secondary N) is 1. The molecule has 0 unspecified atom stereocenters. The number of thiazole rings is 1. The number of aromatic nitrogens is 1. The first kappa shape index (κ1) is 16.5. The van der Waals surface area contributed by atoms with Gasteiger partial charge < -0.3 is 4.42 Å². The van der Waals surface area contributed by atoms with Crippen molar-refractivity contribution in [2.75, 3.05) is 5.32 Å². The number of amides is 1. The molecule has 0 spiro atoms. The van der Waals surface area contributed by atoms with Crippen molar-refractivity contribution in [3.05, 3.63) is 70.8 Å². The predicted molar refractivity (Wildman–Crippen MR) is 106 cm³/mol. The molecule has 0 saturated heterocycles. The van der Waals surface area contributed by atoms with Crippen LogP contribution in [-0.2, 0) is 6.42 Å². The first-order valence-electron chi connectivity index (χ1n) is 8.50. The maximum absolute atomic E-state index is 12.6. The lowest BCUT2D eigenvalue weighted by atomic mass is 10.1. The van der Waals surface area contributed by atoms with Crippen molar-refractivity contribution in [1.29, 1.82) is 0 Å². The third-order valence-corrected chi connectivity index (χ3v) is 5.19. The van der Waals surface area contributed by atoms with Crippen LogP contribution in [0.15, 0.2) is 58.3 Å². The van der Waals surface area contributed by atoms with Gasteiger partial charge in [-0.2, -0.15) is 0 Å². The lowest BCUT2D eigenvalue weighted by molar-refractivity contribution is 0.0998. The fourth-order valence-corrected chi connectivity index (χ4v) is 3.63. The van der Waals surface area contributed by atoms with Crippen molar-refractivity contribution >= 4 is 33.3 Å². The average molecular weight is 362 g/mol. The van der Waals surface area contributed by atoms with Crippen LogP contribution in [-0.4, -0.2) is 10.9 Å². The topological polar surface area (TPSA) is 55.1 Å². The monoisotopic (exact) mass is 362 g/mol. The van der Waals surface area contributed by atoms with Crippen molar-refractivity contribution < 1.29 is 9.21 Å². The summed E-state index contributed by atoms with van der Waals surface area (Å²) in [5.74, 6) is 0.0520. The molecule has 0 aliphatic carbocycles. The molecular formula is C21H18N2O2S. The Labute approximate surface area is 155 Å². The van der Waals surface area contributed by atoms with E-state index in [2.05, 4.69) is 41.5 Å². The summed E-state index contributed by atoms with van der Waals surface area (Å²) in [6, 6.07) is 16.0. The second kappa shape index (κ2) is 6.77. The zero-order valence-corrected chi connectivity index (χ0v) is 15.4. The summed E-state index contributed by atoms with van der Waals surface area (Å²) in [5.41, 5.74) is 4.74. The molecule has 4 nitrogen and oxygen atoms in total. The zero-order chi connectivity index (χ0) is 18.1. The number of benzene rings is 2. The maximum Gasteiger partial charge on any atom is 0.293 e. The van der Waals surface area contributed by atoms with E-state index in [0.717, 1.165) is 28.6 Å². The molecule has 0 aliphatic rings. The number of para-hydroxylation sites is 1. The second-order valence-electron chi connectivity index (χ2n) is 6.09. The van der Waals surface area contributed by atoms with Crippen LogP contribution in [0.2, 0.25) is 0 Å². The molecule has 26 heavy (non-hydrogen) atoms. The van der Waals surface area contributed by atoms with Gasteiger partial charge in [0.2, 0.25) is 0 Å². The molecule has 1 N–H and O–H groups in total. The van der Waals surface area contributed by atoms with Gasteiger partial charge in [0.1, 0.15) is 5.58 Å². The lowest BCUT2D eigenvalue weighted by Crippen LogP contribution is -2.11. The van der Waals surface area contributed by atoms with Gasteiger partial charge in [-0.15, -0.1) is 11.3 Å². The quantitative estimate of drug-likeness (QED) is 0.508. The number of carbonyl (C=O) groups excluding carboxylic acids is 1. The van der Waals surface area contributed by atoms with Crippen molar-refractivity contribution in [1.82, 2.24) is 4.98 Å². The highest BCUT2D eigenvalue weighted by Crippen LogP contribution is 2.28. The number of nitrogens with zero attached hydrogens (tertiary/aromatic N) is 1. The molecule has 0 fully saturated rings. The van der Waals surface area contributed by atoms with Gasteiger partial charge in [0.15, 0.2) is 10.9 Å². The third-order valence-electron chi connectivity index (χ3n) is 4.43. The Morgan fingerprint density at radius 1 is 1.15 bits per heavy atom. The van der Waals surface area contributed by atoms with Crippen LogP contribution >= 0.6 is 11.3 Å². The molecule has 0 saturated carbocycles. The Hall–Kier alpha value is -2.92. The molecule has 4 rings (SSSR count). The summed E-state index contributed by atoms with van der Waals surface area (Å²) in [7, 11) is 0. The number of aryl methyl sites for hydroxylation is 2. The van der Waals surface area contributed by atoms with Gasteiger partial charge in [0.05, 0.1) is 5.69 Å². The molecule has 5 heteroatoms. The highest BCUT2D eigenvalue weighted by atomic mass is 32.1. The lowest BCUT2D eigenvalue weighted by Gasteiger charge is -2.00. The number of carbonyl (C=O) groups is 1. The van der Waals surface area contributed by atoms with Crippen LogP contribution in [0.3, 0.4) is 0 Å². The van der Waals surface area contributed by atoms with E-state index in [9.17, 15) is 4.79 Å². The van der Waals surface area contributed by atoms with E-state index >= 15 is 0 Å². The van der Waals surface area contributed by atoms with E-state index in [-0.39, 0.29) is 5.91 Å². The first-order chi connectivity index (χ1) is 12.7. The number of furan rings is 1. The number of rotatable bonds is 4. The minimum absolute atomic E-state index is 0.277. The highest BCUT2D eigenvalue weighted by molar-refractivity contribution is 7.14. The summed E-state index contributed by atoms with van der Waals surface area (Å²) in [6.45, 7) is 4.02. The van der Waals surface area contributed by atoms with Crippen LogP contribution in [0.4, 0.5) is 5.13 Å². The van der Waals surface area contributed by atoms with Crippen LogP contribution < -0.4 is 5.32 Å². The summed E-state index contributed by atoms with van der Waals surface area (Å²) < 4.78 is 5.71. The van der Waals surface area contributed by atoms with E-state index in [1.165, 1.54) is 16.9 Å². The summed E-state index contributed by atoms with van der Waals surface area (Å²) in [6.07, 6.45) is 1.01. The van der Waals surface area contributed by atoms with Gasteiger partial charge in [0, 0.05) is 21.9 Å². The van der Waals surface area contributed by atoms with Crippen LogP contribution in [0, 0.1) is 6.92 Å². The smallest absolute Gasteiger partial charge is 0.293 e. The molecule has 130 valence electrons. The Morgan fingerprint density at radius 2 is 1.92 bits per heavy atom. The van der Waals surface area contributed by atoms with Crippen LogP contribution in [0.1, 0.15) is 28.6 Å². The largest absolute Gasteiger partial charge is 0.451 e. The molecule has 0 aliphatic heterocycles. The third kappa shape index (κ3) is 3.02. The highest BCUT2D eigenvalue weighted by Gasteiger charge is 2.18. The van der Waals surface area contributed by atoms with Crippen LogP contribution in [0.25, 0.3) is 22.2 Å². The van der Waals surface area contributed by atoms with Gasteiger partial charge >= 0.3 is 0 Å². The summed E-state index contributed by atoms with van der Waals surface area (Å²) in [4.78, 5) is 17.1. The van der Waals surface area contributed by atoms with Crippen LogP contribution in [0.5, 0.6) is 0 Å². The number of hydrogen-bond acceptors (Lipinski definition) is 4. The van der Waals surface area contributed by atoms with Gasteiger partial charge in [-0.1, -0.05) is 49.4 Å². The summed E-state index contributed by atoms with van der Waals surface area (Å²) in [5, 5.41) is 6.31. The van der Waals surface area contributed by atoms with Gasteiger partial charge in [0.25, 0.3) is 5.91 Å². The molecule has 2 aromatic heterocycles. The summed E-state index contributed by atoms with van der Waals surface area (Å²) >= 11 is 1.41. The normalized spacial score (nSPS) is 11.0. The predicted octanol–water partition coefficient (Wildman–Crippen LogP) is 5.68. The number of hydrogen-bond donors (Lipinski definition) is 1. The fraction of sp³-hybridized carbons (Fsp3) is 0.143. The van der Waals surface area contributed by atoms with Crippen molar-refractivity contribution in [2.24, 2.45) is 0 Å². The second-order valence-corrected chi connectivity index (χ2v) is 6.95. The van der Waals surface area contributed by atoms with E-state index in [0.29, 0.717) is 16.5 Å². The SMILES string of the molecule is CCc1ccc(-c2csc(NC(=O)c3oc4ccccc4c3C)n2)cc1. The molecular weight excluding hydrogens is 344 g/mol. The molecule has 0 radical (unpaired) electrons. The molecule has 2 aromatic carbocycles. The van der Waals surface area contributed by atoms with Crippen molar-refractivity contribution in [3.8, 4) is 11.3 Å². The maximum atomic E-state index is 12.6. The van der Waals surface area contributed by atoms with E-state index < -0.39 is 0 Å². The van der Waals surface area contributed by atoms with Gasteiger partial charge in [-0.3, -0.25) is 10.1 Å². The van der Waals surface area contributed by atoms with E-state index in [1.54, 1.807) is 0 Å². The molecule has 0 atom stereocenters. The Bertz CT molecular complexity index is 1080. The zero-order valence-electron chi connectivity index (χ0n) is 14.6. The minimum atomic E-state index is -0.277. The number of anilines is 1. The molecule has 4 aromatic rings. The molecule has 0 bridgehead atoms. The van der Waals surface area contributed by atoms with E-state index in [4.69, 9.17) is 4.42 Å². The Balaban J connectivity index is 1.56. The van der Waals surface area contributed by atoms with Gasteiger partial charge in [-0.25, -0.2) is 4.98 Å². The van der Waals surface area contributed by atoms with E-state index in [1.807, 2.05) is 36.6 Å². The Morgan fingerprint density at radius 3 is 2.65 bits per heavy atom. The fourth-order valence-electron chi connectivity index (χ4n) is 2.92.